The molecule has 55 heavy (non-hydrogen) atoms. The number of benzene rings is 3. The van der Waals surface area contributed by atoms with Crippen molar-refractivity contribution in [2.75, 3.05) is 37.6 Å². The lowest BCUT2D eigenvalue weighted by Crippen LogP contribution is -2.61. The molecule has 10 nitrogen and oxygen atoms in total. The number of hydrogen-bond donors (Lipinski definition) is 3. The van der Waals surface area contributed by atoms with Gasteiger partial charge in [-0.05, 0) is 102 Å². The van der Waals surface area contributed by atoms with Crippen LogP contribution >= 0.6 is 0 Å². The van der Waals surface area contributed by atoms with Crippen molar-refractivity contribution in [2.24, 2.45) is 23.7 Å². The van der Waals surface area contributed by atoms with E-state index in [1.54, 1.807) is 12.4 Å². The Morgan fingerprint density at radius 1 is 0.800 bits per heavy atom. The number of rotatable bonds is 10. The van der Waals surface area contributed by atoms with Gasteiger partial charge in [-0.1, -0.05) is 67.6 Å². The minimum absolute atomic E-state index is 0.00412. The molecule has 3 N–H and O–H groups in total. The van der Waals surface area contributed by atoms with Crippen molar-refractivity contribution >= 4 is 12.0 Å². The van der Waals surface area contributed by atoms with Crippen LogP contribution in [0.3, 0.4) is 0 Å². The molecule has 0 unspecified atom stereocenters. The third-order valence-electron chi connectivity index (χ3n) is 13.1. The van der Waals surface area contributed by atoms with Crippen LogP contribution in [0.25, 0.3) is 11.1 Å². The van der Waals surface area contributed by atoms with E-state index >= 15 is 0 Å². The molecule has 3 heterocycles. The number of aliphatic hydroxyl groups excluding tert-OH is 1. The Bertz CT molecular complexity index is 1900. The van der Waals surface area contributed by atoms with Crippen molar-refractivity contribution < 1.29 is 19.4 Å². The van der Waals surface area contributed by atoms with Crippen LogP contribution in [0.4, 0.5) is 10.7 Å². The second kappa shape index (κ2) is 15.7. The highest BCUT2D eigenvalue weighted by molar-refractivity contribution is 5.75. The molecule has 4 bridgehead atoms. The Morgan fingerprint density at radius 3 is 2.16 bits per heavy atom. The maximum atomic E-state index is 13.2. The van der Waals surface area contributed by atoms with Crippen molar-refractivity contribution in [2.45, 2.75) is 82.6 Å². The predicted octanol–water partition coefficient (Wildman–Crippen LogP) is 7.02. The molecule has 4 saturated carbocycles. The summed E-state index contributed by atoms with van der Waals surface area (Å²) in [4.78, 5) is 26.9. The average molecular weight is 743 g/mol. The topological polar surface area (TPSA) is 112 Å². The van der Waals surface area contributed by atoms with Gasteiger partial charge in [0.2, 0.25) is 5.95 Å². The summed E-state index contributed by atoms with van der Waals surface area (Å²) in [6.07, 6.45) is 10.3. The maximum absolute atomic E-state index is 13.2. The lowest BCUT2D eigenvalue weighted by atomic mass is 9.53. The Morgan fingerprint density at radius 2 is 1.47 bits per heavy atom. The first-order chi connectivity index (χ1) is 26.9. The minimum Gasteiger partial charge on any atom is -0.392 e. The van der Waals surface area contributed by atoms with Crippen molar-refractivity contribution in [3.8, 4) is 11.1 Å². The number of aromatic nitrogens is 2. The molecule has 4 aromatic rings. The third kappa shape index (κ3) is 8.01. The summed E-state index contributed by atoms with van der Waals surface area (Å²) < 4.78 is 13.7. The van der Waals surface area contributed by atoms with Crippen molar-refractivity contribution in [3.63, 3.8) is 0 Å². The highest BCUT2D eigenvalue weighted by Gasteiger charge is 2.51. The van der Waals surface area contributed by atoms with Crippen LogP contribution in [0.1, 0.15) is 80.1 Å². The molecule has 4 aliphatic carbocycles. The first-order valence-electron chi connectivity index (χ1n) is 20.4. The molecule has 4 atom stereocenters. The molecule has 2 saturated heterocycles. The lowest BCUT2D eigenvalue weighted by Gasteiger charge is -2.56. The van der Waals surface area contributed by atoms with Gasteiger partial charge in [-0.2, -0.15) is 0 Å². The highest BCUT2D eigenvalue weighted by atomic mass is 16.7. The van der Waals surface area contributed by atoms with Gasteiger partial charge in [-0.3, -0.25) is 4.90 Å². The number of ether oxygens (including phenoxy) is 2. The molecule has 2 aliphatic heterocycles. The number of amides is 2. The molecule has 0 radical (unpaired) electrons. The summed E-state index contributed by atoms with van der Waals surface area (Å²) in [6, 6.07) is 26.8. The Kier molecular flexibility index (Phi) is 10.3. The number of anilines is 1. The smallest absolute Gasteiger partial charge is 0.315 e. The average Bonchev–Trinajstić information content (AvgIpc) is 3.21. The first kappa shape index (κ1) is 36.3. The number of nitrogens with one attached hydrogen (secondary N) is 2. The molecule has 3 aromatic carbocycles. The van der Waals surface area contributed by atoms with Gasteiger partial charge in [0.25, 0.3) is 0 Å². The van der Waals surface area contributed by atoms with Crippen molar-refractivity contribution in [1.29, 1.82) is 0 Å². The van der Waals surface area contributed by atoms with Gasteiger partial charge in [0, 0.05) is 68.7 Å². The summed E-state index contributed by atoms with van der Waals surface area (Å²) in [7, 11) is 0. The zero-order valence-corrected chi connectivity index (χ0v) is 31.9. The normalized spacial score (nSPS) is 30.3. The zero-order chi connectivity index (χ0) is 37.4. The van der Waals surface area contributed by atoms with E-state index in [1.807, 2.05) is 18.2 Å². The number of piperazine rings is 1. The van der Waals surface area contributed by atoms with Crippen LogP contribution in [-0.4, -0.2) is 70.4 Å². The number of hydrogen-bond acceptors (Lipinski definition) is 8. The standard InChI is InChI=1S/C45H54N6O4/c1-30-40(28-50-15-17-51(18-16-50)43-46-13-4-14-47-43)54-42(55-41(30)36-11-9-31(29-52)10-12-36)39-8-3-7-38(23-39)37-6-2-5-32(22-37)27-48-44(53)49-45-24-33-19-34(25-45)21-35(20-33)26-45/h2-14,22-23,30,33-35,40-42,52H,15-21,24-29H2,1H3,(H2,48,49,53)/t30-,33?,34?,35?,40+,41+,42+,45?/m1/s1. The van der Waals surface area contributed by atoms with E-state index in [4.69, 9.17) is 9.47 Å². The van der Waals surface area contributed by atoms with E-state index in [2.05, 4.69) is 98.0 Å². The van der Waals surface area contributed by atoms with Crippen LogP contribution in [0.2, 0.25) is 0 Å². The molecule has 0 spiro atoms. The van der Waals surface area contributed by atoms with Gasteiger partial charge in [0.1, 0.15) is 0 Å². The van der Waals surface area contributed by atoms with E-state index in [-0.39, 0.29) is 36.3 Å². The third-order valence-corrected chi connectivity index (χ3v) is 13.1. The zero-order valence-electron chi connectivity index (χ0n) is 31.9. The van der Waals surface area contributed by atoms with E-state index < -0.39 is 6.29 Å². The van der Waals surface area contributed by atoms with Gasteiger partial charge in [-0.25, -0.2) is 14.8 Å². The number of urea groups is 1. The molecule has 1 aromatic heterocycles. The summed E-state index contributed by atoms with van der Waals surface area (Å²) in [6.45, 7) is 7.02. The van der Waals surface area contributed by atoms with E-state index in [9.17, 15) is 9.90 Å². The van der Waals surface area contributed by atoms with Gasteiger partial charge in [0.15, 0.2) is 6.29 Å². The fourth-order valence-electron chi connectivity index (χ4n) is 10.6. The van der Waals surface area contributed by atoms with Crippen molar-refractivity contribution in [3.05, 3.63) is 114 Å². The molecular formula is C45H54N6O4. The van der Waals surface area contributed by atoms with Gasteiger partial charge >= 0.3 is 6.03 Å². The van der Waals surface area contributed by atoms with E-state index in [0.717, 1.165) is 109 Å². The van der Waals surface area contributed by atoms with Gasteiger partial charge < -0.3 is 30.1 Å². The number of aliphatic hydroxyl groups is 1. The highest BCUT2D eigenvalue weighted by Crippen LogP contribution is 2.55. The summed E-state index contributed by atoms with van der Waals surface area (Å²) in [5.74, 6) is 3.25. The monoisotopic (exact) mass is 742 g/mol. The minimum atomic E-state index is -0.555. The summed E-state index contributed by atoms with van der Waals surface area (Å²) in [5.41, 5.74) is 6.14. The molecule has 288 valence electrons. The first-order valence-corrected chi connectivity index (χ1v) is 20.4. The molecule has 10 heteroatoms. The van der Waals surface area contributed by atoms with E-state index in [1.165, 1.54) is 19.3 Å². The second-order valence-corrected chi connectivity index (χ2v) is 17.0. The summed E-state index contributed by atoms with van der Waals surface area (Å²) >= 11 is 0. The molecule has 6 aliphatic rings. The summed E-state index contributed by atoms with van der Waals surface area (Å²) in [5, 5.41) is 16.3. The quantitative estimate of drug-likeness (QED) is 0.159. The predicted molar refractivity (Wildman–Crippen MR) is 212 cm³/mol. The number of nitrogens with zero attached hydrogens (tertiary/aromatic N) is 4. The molecule has 10 rings (SSSR count). The van der Waals surface area contributed by atoms with Crippen LogP contribution < -0.4 is 15.5 Å². The number of carbonyl (C=O) groups is 1. The van der Waals surface area contributed by atoms with E-state index in [0.29, 0.717) is 6.54 Å². The van der Waals surface area contributed by atoms with Crippen molar-refractivity contribution in [1.82, 2.24) is 25.5 Å². The molecular weight excluding hydrogens is 689 g/mol. The second-order valence-electron chi connectivity index (χ2n) is 17.0. The molecule has 6 fully saturated rings. The molecule has 2 amide bonds. The van der Waals surface area contributed by atoms with Crippen LogP contribution in [-0.2, 0) is 22.6 Å². The fraction of sp³-hybridized carbons (Fsp3) is 0.489. The SMILES string of the molecule is C[C@@H]1[C@H](CN2CCN(c3ncccn3)CC2)O[C@H](c2cccc(-c3cccc(CNC(=O)NC45CC6CC(CC(C6)C4)C5)c3)c2)O[C@@H]1c1ccc(CO)cc1. The lowest BCUT2D eigenvalue weighted by molar-refractivity contribution is -0.276. The Labute approximate surface area is 324 Å². The van der Waals surface area contributed by atoms with Crippen LogP contribution in [0, 0.1) is 23.7 Å². The van der Waals surface area contributed by atoms with Gasteiger partial charge in [-0.15, -0.1) is 0 Å². The van der Waals surface area contributed by atoms with Gasteiger partial charge in [0.05, 0.1) is 18.8 Å². The Hall–Kier alpha value is -4.35. The maximum Gasteiger partial charge on any atom is 0.315 e. The van der Waals surface area contributed by atoms with Crippen LogP contribution in [0.5, 0.6) is 0 Å². The number of carbonyl (C=O) groups excluding carboxylic acids is 1. The Balaban J connectivity index is 0.885. The largest absolute Gasteiger partial charge is 0.392 e. The van der Waals surface area contributed by atoms with Crippen LogP contribution in [0.15, 0.2) is 91.3 Å². The fourth-order valence-corrected chi connectivity index (χ4v) is 10.6.